The Morgan fingerprint density at radius 2 is 1.90 bits per heavy atom. The van der Waals surface area contributed by atoms with E-state index in [1.807, 2.05) is 6.07 Å². The van der Waals surface area contributed by atoms with Crippen molar-refractivity contribution < 1.29 is 9.72 Å². The monoisotopic (exact) mass is 369 g/mol. The Hall–Kier alpha value is -2.12. The largest absolute Gasteiger partial charge is 0.323 e. The molecule has 0 fully saturated rings. The fourth-order valence-electron chi connectivity index (χ4n) is 1.58. The second kappa shape index (κ2) is 6.55. The Kier molecular flexibility index (Phi) is 4.77. The van der Waals surface area contributed by atoms with Crippen molar-refractivity contribution >= 4 is 50.6 Å². The lowest BCUT2D eigenvalue weighted by Crippen LogP contribution is -2.19. The number of urea groups is 1. The van der Waals surface area contributed by atoms with Crippen molar-refractivity contribution in [3.8, 4) is 0 Å². The molecule has 0 aliphatic rings. The minimum atomic E-state index is -0.612. The average molecular weight is 371 g/mol. The minimum Gasteiger partial charge on any atom is -0.307 e. The predicted octanol–water partition coefficient (Wildman–Crippen LogP) is 4.65. The number of nitrogens with one attached hydrogen (secondary N) is 2. The van der Waals surface area contributed by atoms with Crippen LogP contribution >= 0.6 is 27.5 Å². The van der Waals surface area contributed by atoms with E-state index in [-0.39, 0.29) is 16.4 Å². The number of nitro benzene ring substituents is 1. The maximum absolute atomic E-state index is 11.9. The molecule has 0 saturated heterocycles. The van der Waals surface area contributed by atoms with E-state index < -0.39 is 11.0 Å². The first-order valence-electron chi connectivity index (χ1n) is 5.74. The summed E-state index contributed by atoms with van der Waals surface area (Å²) < 4.78 is 0.724. The predicted molar refractivity (Wildman–Crippen MR) is 84.9 cm³/mol. The molecule has 0 saturated carbocycles. The fraction of sp³-hybridized carbons (Fsp3) is 0. The highest BCUT2D eigenvalue weighted by Crippen LogP contribution is 2.27. The second-order valence-electron chi connectivity index (χ2n) is 3.98. The lowest BCUT2D eigenvalue weighted by molar-refractivity contribution is -0.384. The molecule has 0 aromatic heterocycles. The molecule has 6 nitrogen and oxygen atoms in total. The number of carbonyl (C=O) groups excluding carboxylic acids is 1. The van der Waals surface area contributed by atoms with Crippen molar-refractivity contribution in [2.24, 2.45) is 0 Å². The number of amides is 2. The van der Waals surface area contributed by atoms with Crippen LogP contribution in [0.5, 0.6) is 0 Å². The number of halogens is 2. The third-order valence-electron chi connectivity index (χ3n) is 2.52. The number of nitrogens with zero attached hydrogens (tertiary/aromatic N) is 1. The van der Waals surface area contributed by atoms with Gasteiger partial charge in [0.05, 0.1) is 10.6 Å². The number of para-hydroxylation sites is 1. The van der Waals surface area contributed by atoms with Crippen molar-refractivity contribution in [3.63, 3.8) is 0 Å². The van der Waals surface area contributed by atoms with E-state index in [9.17, 15) is 14.9 Å². The summed E-state index contributed by atoms with van der Waals surface area (Å²) in [5.41, 5.74) is 0.587. The van der Waals surface area contributed by atoms with Crippen molar-refractivity contribution in [2.75, 3.05) is 10.6 Å². The first kappa shape index (κ1) is 15.3. The molecule has 0 unspecified atom stereocenters. The molecule has 0 bridgehead atoms. The van der Waals surface area contributed by atoms with Crippen LogP contribution in [0.1, 0.15) is 0 Å². The number of hydrogen-bond acceptors (Lipinski definition) is 3. The number of rotatable bonds is 3. The van der Waals surface area contributed by atoms with E-state index in [2.05, 4.69) is 26.6 Å². The van der Waals surface area contributed by atoms with Crippen LogP contribution in [0.15, 0.2) is 46.9 Å². The van der Waals surface area contributed by atoms with Crippen LogP contribution in [0.2, 0.25) is 5.02 Å². The zero-order valence-electron chi connectivity index (χ0n) is 10.5. The third kappa shape index (κ3) is 3.93. The van der Waals surface area contributed by atoms with Crippen LogP contribution in [-0.2, 0) is 0 Å². The van der Waals surface area contributed by atoms with E-state index in [0.29, 0.717) is 5.69 Å². The SMILES string of the molecule is O=C(Nc1ccc(Cl)c([N+](=O)[O-])c1)Nc1ccccc1Br. The lowest BCUT2D eigenvalue weighted by atomic mass is 10.3. The van der Waals surface area contributed by atoms with Crippen LogP contribution in [0, 0.1) is 10.1 Å². The summed E-state index contributed by atoms with van der Waals surface area (Å²) in [6, 6.07) is 10.6. The Morgan fingerprint density at radius 1 is 1.19 bits per heavy atom. The molecule has 2 amide bonds. The first-order valence-corrected chi connectivity index (χ1v) is 6.91. The van der Waals surface area contributed by atoms with Gasteiger partial charge in [0.25, 0.3) is 5.69 Å². The highest BCUT2D eigenvalue weighted by molar-refractivity contribution is 9.10. The maximum atomic E-state index is 11.9. The van der Waals surface area contributed by atoms with Crippen LogP contribution in [0.3, 0.4) is 0 Å². The average Bonchev–Trinajstić information content (AvgIpc) is 2.43. The molecule has 0 aliphatic heterocycles. The van der Waals surface area contributed by atoms with Crippen LogP contribution in [0.25, 0.3) is 0 Å². The number of anilines is 2. The summed E-state index contributed by atoms with van der Waals surface area (Å²) in [6.45, 7) is 0. The molecule has 0 atom stereocenters. The normalized spacial score (nSPS) is 10.0. The molecule has 108 valence electrons. The molecule has 0 aliphatic carbocycles. The van der Waals surface area contributed by atoms with Gasteiger partial charge in [0.1, 0.15) is 5.02 Å². The zero-order chi connectivity index (χ0) is 15.4. The quantitative estimate of drug-likeness (QED) is 0.609. The van der Waals surface area contributed by atoms with Gasteiger partial charge in [0.15, 0.2) is 0 Å². The summed E-state index contributed by atoms with van der Waals surface area (Å²) in [4.78, 5) is 22.0. The molecule has 2 aromatic carbocycles. The van der Waals surface area contributed by atoms with Crippen LogP contribution in [0.4, 0.5) is 21.9 Å². The molecular weight excluding hydrogens is 362 g/mol. The molecule has 2 N–H and O–H groups in total. The van der Waals surface area contributed by atoms with Gasteiger partial charge in [-0.1, -0.05) is 23.7 Å². The van der Waals surface area contributed by atoms with E-state index in [0.717, 1.165) is 4.47 Å². The Bertz CT molecular complexity index is 709. The third-order valence-corrected chi connectivity index (χ3v) is 3.53. The van der Waals surface area contributed by atoms with Crippen LogP contribution in [-0.4, -0.2) is 11.0 Å². The van der Waals surface area contributed by atoms with E-state index in [1.165, 1.54) is 18.2 Å². The van der Waals surface area contributed by atoms with Gasteiger partial charge < -0.3 is 10.6 Å². The second-order valence-corrected chi connectivity index (χ2v) is 5.24. The van der Waals surface area contributed by atoms with Gasteiger partial charge in [-0.3, -0.25) is 10.1 Å². The summed E-state index contributed by atoms with van der Waals surface area (Å²) >= 11 is 9.00. The molecule has 2 aromatic rings. The lowest BCUT2D eigenvalue weighted by Gasteiger charge is -2.09. The number of benzene rings is 2. The van der Waals surface area contributed by atoms with E-state index >= 15 is 0 Å². The van der Waals surface area contributed by atoms with Gasteiger partial charge in [0, 0.05) is 16.2 Å². The topological polar surface area (TPSA) is 84.3 Å². The van der Waals surface area contributed by atoms with Gasteiger partial charge in [-0.15, -0.1) is 0 Å². The van der Waals surface area contributed by atoms with Gasteiger partial charge in [0.2, 0.25) is 0 Å². The molecule has 0 radical (unpaired) electrons. The van der Waals surface area contributed by atoms with Gasteiger partial charge in [-0.2, -0.15) is 0 Å². The van der Waals surface area contributed by atoms with Crippen LogP contribution < -0.4 is 10.6 Å². The summed E-state index contributed by atoms with van der Waals surface area (Å²) in [5, 5.41) is 15.9. The van der Waals surface area contributed by atoms with Gasteiger partial charge in [-0.25, -0.2) is 4.79 Å². The molecule has 2 rings (SSSR count). The standard InChI is InChI=1S/C13H9BrClN3O3/c14-9-3-1-2-4-11(9)17-13(19)16-8-5-6-10(15)12(7-8)18(20)21/h1-7H,(H2,16,17,19). The van der Waals surface area contributed by atoms with Crippen molar-refractivity contribution in [2.45, 2.75) is 0 Å². The minimum absolute atomic E-state index is 0.0109. The highest BCUT2D eigenvalue weighted by atomic mass is 79.9. The maximum Gasteiger partial charge on any atom is 0.323 e. The zero-order valence-corrected chi connectivity index (χ0v) is 12.8. The molecule has 0 heterocycles. The molecule has 8 heteroatoms. The first-order chi connectivity index (χ1) is 9.97. The molecule has 0 spiro atoms. The smallest absolute Gasteiger partial charge is 0.307 e. The summed E-state index contributed by atoms with van der Waals surface area (Å²) in [6.07, 6.45) is 0. The number of hydrogen-bond donors (Lipinski definition) is 2. The Labute approximate surface area is 133 Å². The molecule has 21 heavy (non-hydrogen) atoms. The van der Waals surface area contributed by atoms with E-state index in [1.54, 1.807) is 18.2 Å². The van der Waals surface area contributed by atoms with E-state index in [4.69, 9.17) is 11.6 Å². The highest BCUT2D eigenvalue weighted by Gasteiger charge is 2.14. The van der Waals surface area contributed by atoms with Crippen molar-refractivity contribution in [3.05, 3.63) is 62.1 Å². The molecular formula is C13H9BrClN3O3. The Morgan fingerprint density at radius 3 is 2.57 bits per heavy atom. The summed E-state index contributed by atoms with van der Waals surface area (Å²) in [7, 11) is 0. The fourth-order valence-corrected chi connectivity index (χ4v) is 2.15. The van der Waals surface area contributed by atoms with Gasteiger partial charge in [-0.05, 0) is 40.2 Å². The Balaban J connectivity index is 2.12. The van der Waals surface area contributed by atoms with Crippen molar-refractivity contribution in [1.82, 2.24) is 0 Å². The van der Waals surface area contributed by atoms with Gasteiger partial charge >= 0.3 is 6.03 Å². The van der Waals surface area contributed by atoms with Crippen molar-refractivity contribution in [1.29, 1.82) is 0 Å². The summed E-state index contributed by atoms with van der Waals surface area (Å²) in [5.74, 6) is 0. The number of carbonyl (C=O) groups is 1. The number of nitro groups is 1.